The van der Waals surface area contributed by atoms with Crippen LogP contribution >= 0.6 is 0 Å². The minimum atomic E-state index is -0.280. The topological polar surface area (TPSA) is 67.9 Å². The van der Waals surface area contributed by atoms with Gasteiger partial charge in [0.15, 0.2) is 0 Å². The molecule has 16 heavy (non-hydrogen) atoms. The molecule has 1 amide bonds. The molecule has 0 aromatic carbocycles. The SMILES string of the molecule is CC(C)/C=N/OC[C@@H]1CCCN1CC(N)=O. The van der Waals surface area contributed by atoms with E-state index in [2.05, 4.69) is 10.1 Å². The third-order valence-electron chi connectivity index (χ3n) is 2.56. The summed E-state index contributed by atoms with van der Waals surface area (Å²) in [6.07, 6.45) is 3.91. The maximum atomic E-state index is 10.8. The smallest absolute Gasteiger partial charge is 0.231 e. The van der Waals surface area contributed by atoms with Crippen molar-refractivity contribution >= 4 is 12.1 Å². The van der Waals surface area contributed by atoms with Crippen LogP contribution in [-0.4, -0.2) is 42.8 Å². The number of amides is 1. The van der Waals surface area contributed by atoms with Crippen molar-refractivity contribution in [1.29, 1.82) is 0 Å². The van der Waals surface area contributed by atoms with Crippen molar-refractivity contribution in [2.24, 2.45) is 16.8 Å². The molecule has 2 N–H and O–H groups in total. The fourth-order valence-corrected chi connectivity index (χ4v) is 1.79. The second-order valence-corrected chi connectivity index (χ2v) is 4.53. The molecule has 1 heterocycles. The molecule has 0 radical (unpaired) electrons. The van der Waals surface area contributed by atoms with Gasteiger partial charge in [0, 0.05) is 12.3 Å². The van der Waals surface area contributed by atoms with Gasteiger partial charge in [-0.15, -0.1) is 0 Å². The minimum Gasteiger partial charge on any atom is -0.394 e. The third-order valence-corrected chi connectivity index (χ3v) is 2.56. The van der Waals surface area contributed by atoms with E-state index in [0.717, 1.165) is 19.4 Å². The lowest BCUT2D eigenvalue weighted by Gasteiger charge is -2.21. The van der Waals surface area contributed by atoms with Crippen molar-refractivity contribution < 1.29 is 9.63 Å². The zero-order chi connectivity index (χ0) is 12.0. The van der Waals surface area contributed by atoms with E-state index in [9.17, 15) is 4.79 Å². The van der Waals surface area contributed by atoms with Crippen LogP contribution in [-0.2, 0) is 9.63 Å². The first kappa shape index (κ1) is 13.0. The molecule has 0 aromatic rings. The molecule has 92 valence electrons. The second kappa shape index (κ2) is 6.48. The summed E-state index contributed by atoms with van der Waals surface area (Å²) in [4.78, 5) is 18.1. The first-order chi connectivity index (χ1) is 7.59. The molecule has 1 fully saturated rings. The van der Waals surface area contributed by atoms with E-state index in [-0.39, 0.29) is 11.9 Å². The third kappa shape index (κ3) is 4.61. The molecule has 1 aliphatic rings. The summed E-state index contributed by atoms with van der Waals surface area (Å²) >= 11 is 0. The van der Waals surface area contributed by atoms with Crippen molar-refractivity contribution in [2.75, 3.05) is 19.7 Å². The largest absolute Gasteiger partial charge is 0.394 e. The average Bonchev–Trinajstić information content (AvgIpc) is 2.59. The molecule has 5 heteroatoms. The molecular formula is C11H21N3O2. The lowest BCUT2D eigenvalue weighted by molar-refractivity contribution is -0.119. The first-order valence-electron chi connectivity index (χ1n) is 5.77. The van der Waals surface area contributed by atoms with Crippen LogP contribution in [0, 0.1) is 5.92 Å². The van der Waals surface area contributed by atoms with Crippen molar-refractivity contribution in [3.63, 3.8) is 0 Å². The summed E-state index contributed by atoms with van der Waals surface area (Å²) < 4.78 is 0. The molecule has 0 spiro atoms. The molecule has 5 nitrogen and oxygen atoms in total. The van der Waals surface area contributed by atoms with E-state index in [1.807, 2.05) is 13.8 Å². The van der Waals surface area contributed by atoms with Crippen LogP contribution in [0.5, 0.6) is 0 Å². The molecule has 1 saturated heterocycles. The summed E-state index contributed by atoms with van der Waals surface area (Å²) in [5, 5.41) is 3.88. The normalized spacial score (nSPS) is 22.1. The fourth-order valence-electron chi connectivity index (χ4n) is 1.79. The first-order valence-corrected chi connectivity index (χ1v) is 5.77. The van der Waals surface area contributed by atoms with E-state index in [4.69, 9.17) is 10.6 Å². The fraction of sp³-hybridized carbons (Fsp3) is 0.818. The van der Waals surface area contributed by atoms with Gasteiger partial charge in [-0.25, -0.2) is 0 Å². The van der Waals surface area contributed by atoms with Crippen LogP contribution < -0.4 is 5.73 Å². The molecular weight excluding hydrogens is 206 g/mol. The van der Waals surface area contributed by atoms with Crippen molar-refractivity contribution in [3.05, 3.63) is 0 Å². The minimum absolute atomic E-state index is 0.275. The van der Waals surface area contributed by atoms with Gasteiger partial charge in [0.05, 0.1) is 6.54 Å². The Balaban J connectivity index is 2.27. The number of hydrogen-bond donors (Lipinski definition) is 1. The summed E-state index contributed by atoms with van der Waals surface area (Å²) in [5.41, 5.74) is 5.18. The lowest BCUT2D eigenvalue weighted by Crippen LogP contribution is -2.39. The molecule has 0 aliphatic carbocycles. The van der Waals surface area contributed by atoms with Crippen LogP contribution in [0.4, 0.5) is 0 Å². The summed E-state index contributed by atoms with van der Waals surface area (Å²) in [5.74, 6) is 0.114. The van der Waals surface area contributed by atoms with Gasteiger partial charge in [-0.3, -0.25) is 9.69 Å². The van der Waals surface area contributed by atoms with Gasteiger partial charge in [0.25, 0.3) is 0 Å². The average molecular weight is 227 g/mol. The van der Waals surface area contributed by atoms with Gasteiger partial charge in [-0.05, 0) is 25.3 Å². The molecule has 0 bridgehead atoms. The lowest BCUT2D eigenvalue weighted by atomic mass is 10.2. The Morgan fingerprint density at radius 2 is 2.44 bits per heavy atom. The van der Waals surface area contributed by atoms with Gasteiger partial charge < -0.3 is 10.6 Å². The van der Waals surface area contributed by atoms with E-state index >= 15 is 0 Å². The highest BCUT2D eigenvalue weighted by Crippen LogP contribution is 2.16. The molecule has 1 aliphatic heterocycles. The van der Waals surface area contributed by atoms with Crippen LogP contribution in [0.25, 0.3) is 0 Å². The molecule has 0 unspecified atom stereocenters. The monoisotopic (exact) mass is 227 g/mol. The van der Waals surface area contributed by atoms with Crippen molar-refractivity contribution in [1.82, 2.24) is 4.90 Å². The van der Waals surface area contributed by atoms with Gasteiger partial charge >= 0.3 is 0 Å². The van der Waals surface area contributed by atoms with Crippen molar-refractivity contribution in [3.8, 4) is 0 Å². The van der Waals surface area contributed by atoms with Crippen molar-refractivity contribution in [2.45, 2.75) is 32.7 Å². The predicted octanol–water partition coefficient (Wildman–Crippen LogP) is 0.594. The van der Waals surface area contributed by atoms with Crippen LogP contribution in [0.1, 0.15) is 26.7 Å². The Hall–Kier alpha value is -1.10. The highest BCUT2D eigenvalue weighted by atomic mass is 16.6. The zero-order valence-electron chi connectivity index (χ0n) is 10.1. The maximum Gasteiger partial charge on any atom is 0.231 e. The van der Waals surface area contributed by atoms with E-state index in [1.165, 1.54) is 0 Å². The number of primary amides is 1. The second-order valence-electron chi connectivity index (χ2n) is 4.53. The molecule has 1 atom stereocenters. The highest BCUT2D eigenvalue weighted by Gasteiger charge is 2.25. The van der Waals surface area contributed by atoms with Crippen LogP contribution in [0.3, 0.4) is 0 Å². The number of likely N-dealkylation sites (tertiary alicyclic amines) is 1. The van der Waals surface area contributed by atoms with Gasteiger partial charge in [0.1, 0.15) is 6.61 Å². The standard InChI is InChI=1S/C11H21N3O2/c1-9(2)6-13-16-8-10-4-3-5-14(10)7-11(12)15/h6,9-10H,3-5,7-8H2,1-2H3,(H2,12,15)/b13-6+/t10-/m0/s1. The van der Waals surface area contributed by atoms with Gasteiger partial charge in [-0.2, -0.15) is 0 Å². The number of nitrogens with two attached hydrogens (primary N) is 1. The number of rotatable bonds is 6. The van der Waals surface area contributed by atoms with Crippen LogP contribution in [0.2, 0.25) is 0 Å². The Bertz CT molecular complexity index is 254. The molecule has 1 rings (SSSR count). The number of carbonyl (C=O) groups excluding carboxylic acids is 1. The van der Waals surface area contributed by atoms with E-state index in [0.29, 0.717) is 19.1 Å². The Morgan fingerprint density at radius 1 is 1.69 bits per heavy atom. The van der Waals surface area contributed by atoms with E-state index < -0.39 is 0 Å². The predicted molar refractivity (Wildman–Crippen MR) is 63.1 cm³/mol. The molecule has 0 aromatic heterocycles. The summed E-state index contributed by atoms with van der Waals surface area (Å²) in [6.45, 7) is 5.87. The Labute approximate surface area is 96.6 Å². The maximum absolute atomic E-state index is 10.8. The Kier molecular flexibility index (Phi) is 5.25. The van der Waals surface area contributed by atoms with Crippen LogP contribution in [0.15, 0.2) is 5.16 Å². The summed E-state index contributed by atoms with van der Waals surface area (Å²) in [7, 11) is 0. The number of oxime groups is 1. The highest BCUT2D eigenvalue weighted by molar-refractivity contribution is 5.76. The number of hydrogen-bond acceptors (Lipinski definition) is 4. The Morgan fingerprint density at radius 3 is 3.06 bits per heavy atom. The zero-order valence-corrected chi connectivity index (χ0v) is 10.1. The van der Waals surface area contributed by atoms with Gasteiger partial charge in [0.2, 0.25) is 5.91 Å². The van der Waals surface area contributed by atoms with Gasteiger partial charge in [-0.1, -0.05) is 19.0 Å². The quantitative estimate of drug-likeness (QED) is 0.533. The number of nitrogens with zero attached hydrogens (tertiary/aromatic N) is 2. The summed E-state index contributed by atoms with van der Waals surface area (Å²) in [6, 6.07) is 0.275. The number of carbonyl (C=O) groups is 1. The molecule has 0 saturated carbocycles. The van der Waals surface area contributed by atoms with E-state index in [1.54, 1.807) is 6.21 Å².